The lowest BCUT2D eigenvalue weighted by atomic mass is 10.3. The first-order valence-electron chi connectivity index (χ1n) is 8.23. The molecule has 0 aromatic carbocycles. The molecular formula is C16H35N5. The van der Waals surface area contributed by atoms with Gasteiger partial charge in [0.2, 0.25) is 0 Å². The van der Waals surface area contributed by atoms with Gasteiger partial charge in [-0.05, 0) is 60.2 Å². The fourth-order valence-corrected chi connectivity index (χ4v) is 2.16. The van der Waals surface area contributed by atoms with Gasteiger partial charge in [-0.1, -0.05) is 6.92 Å². The van der Waals surface area contributed by atoms with Gasteiger partial charge in [0, 0.05) is 32.6 Å². The minimum Gasteiger partial charge on any atom is -0.315 e. The number of hydrogen-bond acceptors (Lipinski definition) is 5. The Morgan fingerprint density at radius 2 is 1.29 bits per heavy atom. The van der Waals surface area contributed by atoms with Crippen molar-refractivity contribution in [1.29, 1.82) is 5.26 Å². The zero-order valence-electron chi connectivity index (χ0n) is 14.6. The summed E-state index contributed by atoms with van der Waals surface area (Å²) in [5.41, 5.74) is 0. The Bertz CT molecular complexity index is 264. The van der Waals surface area contributed by atoms with Crippen LogP contribution in [0.15, 0.2) is 0 Å². The fraction of sp³-hybridized carbons (Fsp3) is 0.938. The van der Waals surface area contributed by atoms with Gasteiger partial charge < -0.3 is 20.0 Å². The van der Waals surface area contributed by atoms with E-state index < -0.39 is 0 Å². The van der Waals surface area contributed by atoms with E-state index in [9.17, 15) is 0 Å². The predicted molar refractivity (Wildman–Crippen MR) is 90.5 cm³/mol. The summed E-state index contributed by atoms with van der Waals surface area (Å²) in [6.07, 6.45) is 3.15. The monoisotopic (exact) mass is 297 g/mol. The summed E-state index contributed by atoms with van der Waals surface area (Å²) >= 11 is 0. The minimum absolute atomic E-state index is 0.625. The third kappa shape index (κ3) is 14.0. The van der Waals surface area contributed by atoms with E-state index in [1.807, 2.05) is 13.0 Å². The van der Waals surface area contributed by atoms with Crippen molar-refractivity contribution < 1.29 is 0 Å². The average Bonchev–Trinajstić information content (AvgIpc) is 2.48. The molecule has 1 aliphatic rings. The van der Waals surface area contributed by atoms with Crippen molar-refractivity contribution in [3.8, 4) is 6.07 Å². The molecule has 0 unspecified atom stereocenters. The molecular weight excluding hydrogens is 262 g/mol. The molecule has 5 nitrogen and oxygen atoms in total. The number of nitrogens with one attached hydrogen (secondary N) is 1. The standard InChI is InChI=1S/C13H30N4.C3H5N/c1-15-9-5-10-17(3)13-12-16(2)8-4-6-14-7-11-15;1-2-3-4/h14H,4-13H2,1-3H3;2H2,1H3. The molecule has 0 aromatic rings. The highest BCUT2D eigenvalue weighted by molar-refractivity contribution is 4.63. The molecule has 1 heterocycles. The SMILES string of the molecule is CCC#N.CN1CCCN(C)CCN(C)CCCNCC1. The first-order valence-corrected chi connectivity index (χ1v) is 8.23. The molecule has 1 aliphatic heterocycles. The molecule has 0 bridgehead atoms. The van der Waals surface area contributed by atoms with Crippen LogP contribution in [0.4, 0.5) is 0 Å². The van der Waals surface area contributed by atoms with Gasteiger partial charge in [-0.3, -0.25) is 0 Å². The van der Waals surface area contributed by atoms with Crippen molar-refractivity contribution in [2.24, 2.45) is 0 Å². The van der Waals surface area contributed by atoms with Crippen molar-refractivity contribution in [2.45, 2.75) is 26.2 Å². The van der Waals surface area contributed by atoms with Crippen LogP contribution in [0.5, 0.6) is 0 Å². The fourth-order valence-electron chi connectivity index (χ4n) is 2.16. The highest BCUT2D eigenvalue weighted by Crippen LogP contribution is 1.94. The molecule has 21 heavy (non-hydrogen) atoms. The second kappa shape index (κ2) is 14.3. The van der Waals surface area contributed by atoms with E-state index >= 15 is 0 Å². The van der Waals surface area contributed by atoms with Crippen molar-refractivity contribution in [3.05, 3.63) is 0 Å². The van der Waals surface area contributed by atoms with Gasteiger partial charge in [0.05, 0.1) is 6.07 Å². The van der Waals surface area contributed by atoms with Crippen molar-refractivity contribution in [3.63, 3.8) is 0 Å². The lowest BCUT2D eigenvalue weighted by molar-refractivity contribution is 0.234. The summed E-state index contributed by atoms with van der Waals surface area (Å²) in [5, 5.41) is 11.1. The third-order valence-corrected chi connectivity index (χ3v) is 3.66. The highest BCUT2D eigenvalue weighted by atomic mass is 15.2. The van der Waals surface area contributed by atoms with Crippen LogP contribution in [0.3, 0.4) is 0 Å². The first-order chi connectivity index (χ1) is 10.1. The van der Waals surface area contributed by atoms with Gasteiger partial charge in [0.15, 0.2) is 0 Å². The van der Waals surface area contributed by atoms with Crippen molar-refractivity contribution >= 4 is 0 Å². The van der Waals surface area contributed by atoms with E-state index in [2.05, 4.69) is 41.2 Å². The van der Waals surface area contributed by atoms with Crippen LogP contribution in [-0.2, 0) is 0 Å². The van der Waals surface area contributed by atoms with Gasteiger partial charge in [-0.2, -0.15) is 5.26 Å². The molecule has 124 valence electrons. The Kier molecular flexibility index (Phi) is 13.8. The summed E-state index contributed by atoms with van der Waals surface area (Å²) in [5.74, 6) is 0. The van der Waals surface area contributed by atoms with Crippen LogP contribution in [0, 0.1) is 11.3 Å². The van der Waals surface area contributed by atoms with Crippen molar-refractivity contribution in [2.75, 3.05) is 73.5 Å². The van der Waals surface area contributed by atoms with Gasteiger partial charge in [0.25, 0.3) is 0 Å². The summed E-state index contributed by atoms with van der Waals surface area (Å²) in [6.45, 7) is 11.3. The van der Waals surface area contributed by atoms with Gasteiger partial charge in [-0.15, -0.1) is 0 Å². The van der Waals surface area contributed by atoms with Gasteiger partial charge >= 0.3 is 0 Å². The Morgan fingerprint density at radius 1 is 0.810 bits per heavy atom. The molecule has 1 rings (SSSR count). The summed E-state index contributed by atoms with van der Waals surface area (Å²) < 4.78 is 0. The number of rotatable bonds is 0. The summed E-state index contributed by atoms with van der Waals surface area (Å²) in [4.78, 5) is 7.32. The minimum atomic E-state index is 0.625. The van der Waals surface area contributed by atoms with Crippen LogP contribution >= 0.6 is 0 Å². The van der Waals surface area contributed by atoms with E-state index in [-0.39, 0.29) is 0 Å². The molecule has 0 radical (unpaired) electrons. The van der Waals surface area contributed by atoms with E-state index in [0.717, 1.165) is 13.1 Å². The molecule has 1 saturated heterocycles. The number of hydrogen-bond donors (Lipinski definition) is 1. The zero-order valence-corrected chi connectivity index (χ0v) is 14.6. The van der Waals surface area contributed by atoms with E-state index in [0.29, 0.717) is 6.42 Å². The molecule has 0 amide bonds. The third-order valence-electron chi connectivity index (χ3n) is 3.66. The molecule has 5 heteroatoms. The molecule has 1 fully saturated rings. The maximum absolute atomic E-state index is 7.62. The average molecular weight is 297 g/mol. The van der Waals surface area contributed by atoms with E-state index in [1.165, 1.54) is 52.1 Å². The van der Waals surface area contributed by atoms with Gasteiger partial charge in [0.1, 0.15) is 0 Å². The molecule has 0 aromatic heterocycles. The first kappa shape index (κ1) is 20.3. The second-order valence-corrected chi connectivity index (χ2v) is 5.88. The highest BCUT2D eigenvalue weighted by Gasteiger charge is 2.04. The summed E-state index contributed by atoms with van der Waals surface area (Å²) in [7, 11) is 6.69. The van der Waals surface area contributed by atoms with Crippen LogP contribution < -0.4 is 5.32 Å². The topological polar surface area (TPSA) is 45.5 Å². The Balaban J connectivity index is 0.000000885. The molecule has 1 N–H and O–H groups in total. The van der Waals surface area contributed by atoms with Crippen LogP contribution in [0.2, 0.25) is 0 Å². The number of likely N-dealkylation sites (N-methyl/N-ethyl adjacent to an activating group) is 3. The lowest BCUT2D eigenvalue weighted by Crippen LogP contribution is -2.36. The van der Waals surface area contributed by atoms with E-state index in [1.54, 1.807) is 0 Å². The molecule has 0 atom stereocenters. The smallest absolute Gasteiger partial charge is 0.0618 e. The molecule has 0 spiro atoms. The lowest BCUT2D eigenvalue weighted by Gasteiger charge is -2.24. The predicted octanol–water partition coefficient (Wildman–Crippen LogP) is 1.09. The maximum Gasteiger partial charge on any atom is 0.0618 e. The molecule has 0 saturated carbocycles. The Morgan fingerprint density at radius 3 is 1.81 bits per heavy atom. The normalized spacial score (nSPS) is 21.7. The van der Waals surface area contributed by atoms with Crippen LogP contribution in [0.25, 0.3) is 0 Å². The Hall–Kier alpha value is -0.670. The Labute approximate surface area is 131 Å². The number of nitrogens with zero attached hydrogens (tertiary/aromatic N) is 4. The molecule has 0 aliphatic carbocycles. The van der Waals surface area contributed by atoms with Gasteiger partial charge in [-0.25, -0.2) is 0 Å². The van der Waals surface area contributed by atoms with E-state index in [4.69, 9.17) is 5.26 Å². The van der Waals surface area contributed by atoms with Crippen LogP contribution in [0.1, 0.15) is 26.2 Å². The quantitative estimate of drug-likeness (QED) is 0.725. The van der Waals surface area contributed by atoms with Crippen molar-refractivity contribution in [1.82, 2.24) is 20.0 Å². The summed E-state index contributed by atoms with van der Waals surface area (Å²) in [6, 6.07) is 1.93. The largest absolute Gasteiger partial charge is 0.315 e. The van der Waals surface area contributed by atoms with Crippen LogP contribution in [-0.4, -0.2) is 88.2 Å². The zero-order chi connectivity index (χ0) is 15.9. The second-order valence-electron chi connectivity index (χ2n) is 5.88. The maximum atomic E-state index is 7.62. The number of nitriles is 1.